The Morgan fingerprint density at radius 3 is 1.79 bits per heavy atom. The molecule has 1 heterocycles. The van der Waals surface area contributed by atoms with E-state index in [0.29, 0.717) is 12.1 Å². The molecular weight excluding hydrogens is 537 g/mol. The molecule has 43 heavy (non-hydrogen) atoms. The lowest BCUT2D eigenvalue weighted by atomic mass is 9.84. The maximum atomic E-state index is 8.08. The average molecular weight is 565 g/mol. The molecule has 200 valence electrons. The van der Waals surface area contributed by atoms with E-state index in [1.54, 1.807) is 0 Å². The minimum absolute atomic E-state index is 0.522. The lowest BCUT2D eigenvalue weighted by Crippen LogP contribution is -1.92. The third kappa shape index (κ3) is 3.75. The Morgan fingerprint density at radius 2 is 1.05 bits per heavy atom. The van der Waals surface area contributed by atoms with E-state index in [-0.39, 0.29) is 0 Å². The second kappa shape index (κ2) is 9.66. The van der Waals surface area contributed by atoms with Crippen molar-refractivity contribution in [3.63, 3.8) is 0 Å². The number of hydrogen-bond donors (Lipinski definition) is 0. The van der Waals surface area contributed by atoms with Crippen LogP contribution < -0.4 is 0 Å². The summed E-state index contributed by atoms with van der Waals surface area (Å²) in [5, 5.41) is 9.69. The molecule has 8 aromatic carbocycles. The zero-order valence-corrected chi connectivity index (χ0v) is 24.1. The SMILES string of the molecule is [2H]c1ccc(-c2ccc(-c3c4ccccc4c(-c4ccc5cc([2H])ccc5c4)c4ccccc34)c3c2sc2ccccc23)cc1. The highest BCUT2D eigenvalue weighted by atomic mass is 32.1. The molecule has 0 nitrogen and oxygen atoms in total. The normalized spacial score (nSPS) is 12.4. The third-order valence-corrected chi connectivity index (χ3v) is 9.93. The smallest absolute Gasteiger partial charge is 0.0623 e. The van der Waals surface area contributed by atoms with Crippen LogP contribution in [0.5, 0.6) is 0 Å². The van der Waals surface area contributed by atoms with Crippen molar-refractivity contribution in [1.29, 1.82) is 0 Å². The maximum absolute atomic E-state index is 8.08. The third-order valence-electron chi connectivity index (χ3n) is 8.73. The monoisotopic (exact) mass is 564 g/mol. The number of benzene rings is 8. The fraction of sp³-hybridized carbons (Fsp3) is 0. The molecule has 0 fully saturated rings. The molecule has 0 saturated heterocycles. The topological polar surface area (TPSA) is 0 Å². The van der Waals surface area contributed by atoms with Gasteiger partial charge in [0, 0.05) is 20.2 Å². The molecule has 1 aromatic heterocycles. The first-order valence-corrected chi connectivity index (χ1v) is 15.4. The van der Waals surface area contributed by atoms with Crippen molar-refractivity contribution < 1.29 is 2.74 Å². The van der Waals surface area contributed by atoms with Crippen molar-refractivity contribution in [2.75, 3.05) is 0 Å². The van der Waals surface area contributed by atoms with Crippen LogP contribution in [0.15, 0.2) is 158 Å². The second-order valence-electron chi connectivity index (χ2n) is 11.1. The van der Waals surface area contributed by atoms with Gasteiger partial charge in [0.15, 0.2) is 0 Å². The predicted molar refractivity (Wildman–Crippen MR) is 188 cm³/mol. The number of hydrogen-bond acceptors (Lipinski definition) is 1. The van der Waals surface area contributed by atoms with Crippen molar-refractivity contribution in [3.05, 3.63) is 158 Å². The molecule has 0 aliphatic heterocycles. The Bertz CT molecular complexity index is 2550. The van der Waals surface area contributed by atoms with E-state index in [1.807, 2.05) is 35.6 Å². The fourth-order valence-corrected chi connectivity index (χ4v) is 8.11. The van der Waals surface area contributed by atoms with Crippen LogP contribution in [0, 0.1) is 0 Å². The molecule has 9 aromatic rings. The largest absolute Gasteiger partial charge is 0.135 e. The van der Waals surface area contributed by atoms with Crippen molar-refractivity contribution >= 4 is 63.8 Å². The Labute approximate surface area is 256 Å². The van der Waals surface area contributed by atoms with Crippen LogP contribution in [-0.4, -0.2) is 0 Å². The zero-order chi connectivity index (χ0) is 30.1. The van der Waals surface area contributed by atoms with Gasteiger partial charge in [0.1, 0.15) is 0 Å². The van der Waals surface area contributed by atoms with Crippen molar-refractivity contribution in [2.24, 2.45) is 0 Å². The molecule has 0 radical (unpaired) electrons. The lowest BCUT2D eigenvalue weighted by molar-refractivity contribution is 1.66. The van der Waals surface area contributed by atoms with Gasteiger partial charge in [-0.15, -0.1) is 11.3 Å². The van der Waals surface area contributed by atoms with E-state index in [0.717, 1.165) is 16.3 Å². The van der Waals surface area contributed by atoms with Crippen LogP contribution in [0.1, 0.15) is 2.74 Å². The van der Waals surface area contributed by atoms with E-state index in [9.17, 15) is 0 Å². The van der Waals surface area contributed by atoms with Gasteiger partial charge in [-0.1, -0.05) is 146 Å². The molecule has 9 rings (SSSR count). The van der Waals surface area contributed by atoms with Crippen LogP contribution in [0.25, 0.3) is 85.9 Å². The second-order valence-corrected chi connectivity index (χ2v) is 12.1. The van der Waals surface area contributed by atoms with Gasteiger partial charge in [-0.25, -0.2) is 0 Å². The first-order chi connectivity index (χ1) is 22.1. The summed E-state index contributed by atoms with van der Waals surface area (Å²) in [5.74, 6) is 0. The molecule has 0 aliphatic carbocycles. The van der Waals surface area contributed by atoms with Gasteiger partial charge in [-0.3, -0.25) is 0 Å². The summed E-state index contributed by atoms with van der Waals surface area (Å²) in [5.41, 5.74) is 7.24. The first-order valence-electron chi connectivity index (χ1n) is 15.6. The lowest BCUT2D eigenvalue weighted by Gasteiger charge is -2.19. The summed E-state index contributed by atoms with van der Waals surface area (Å²) in [6, 6.07) is 52.4. The summed E-state index contributed by atoms with van der Waals surface area (Å²) in [7, 11) is 0. The maximum Gasteiger partial charge on any atom is 0.0623 e. The zero-order valence-electron chi connectivity index (χ0n) is 25.3. The van der Waals surface area contributed by atoms with Crippen LogP contribution in [0.4, 0.5) is 0 Å². The van der Waals surface area contributed by atoms with Gasteiger partial charge in [-0.05, 0) is 77.8 Å². The summed E-state index contributed by atoms with van der Waals surface area (Å²) in [4.78, 5) is 0. The number of thiophene rings is 1. The minimum Gasteiger partial charge on any atom is -0.135 e. The summed E-state index contributed by atoms with van der Waals surface area (Å²) in [6.07, 6.45) is 0. The molecule has 0 saturated carbocycles. The van der Waals surface area contributed by atoms with E-state index in [2.05, 4.69) is 121 Å². The summed E-state index contributed by atoms with van der Waals surface area (Å²) < 4.78 is 18.6. The van der Waals surface area contributed by atoms with Gasteiger partial charge >= 0.3 is 0 Å². The standard InChI is InChI=1S/C42H26S/c1-2-13-28(14-3-1)31-24-25-37(41-36-20-10-11-21-38(36)43-42(31)41)40-34-18-8-6-16-32(34)39(33-17-7-9-19-35(33)40)30-23-22-27-12-4-5-15-29(27)26-30/h1-26H/i1D,4D. The van der Waals surface area contributed by atoms with E-state index < -0.39 is 0 Å². The Kier molecular flexibility index (Phi) is 5.03. The van der Waals surface area contributed by atoms with Crippen molar-refractivity contribution in [2.45, 2.75) is 0 Å². The van der Waals surface area contributed by atoms with Crippen LogP contribution >= 0.6 is 11.3 Å². The highest BCUT2D eigenvalue weighted by Gasteiger charge is 2.21. The quantitative estimate of drug-likeness (QED) is 0.187. The number of rotatable bonds is 3. The molecular formula is C42H26S. The molecule has 0 bridgehead atoms. The summed E-state index contributed by atoms with van der Waals surface area (Å²) >= 11 is 1.85. The molecule has 1 heteroatoms. The minimum atomic E-state index is 0.522. The van der Waals surface area contributed by atoms with Gasteiger partial charge in [0.25, 0.3) is 0 Å². The van der Waals surface area contributed by atoms with Crippen molar-refractivity contribution in [1.82, 2.24) is 0 Å². The molecule has 0 N–H and O–H groups in total. The predicted octanol–water partition coefficient (Wildman–Crippen LogP) is 12.5. The van der Waals surface area contributed by atoms with Gasteiger partial charge in [-0.2, -0.15) is 0 Å². The van der Waals surface area contributed by atoms with Gasteiger partial charge in [0.2, 0.25) is 0 Å². The highest BCUT2D eigenvalue weighted by molar-refractivity contribution is 7.26. The van der Waals surface area contributed by atoms with E-state index in [1.165, 1.54) is 69.5 Å². The van der Waals surface area contributed by atoms with Crippen molar-refractivity contribution in [3.8, 4) is 33.4 Å². The van der Waals surface area contributed by atoms with Gasteiger partial charge in [0.05, 0.1) is 2.74 Å². The van der Waals surface area contributed by atoms with E-state index in [4.69, 9.17) is 2.74 Å². The molecule has 0 amide bonds. The molecule has 0 spiro atoms. The number of fused-ring (bicyclic) bond motifs is 6. The summed E-state index contributed by atoms with van der Waals surface area (Å²) in [6.45, 7) is 0. The Hall–Kier alpha value is -5.24. The Morgan fingerprint density at radius 1 is 0.419 bits per heavy atom. The fourth-order valence-electron chi connectivity index (χ4n) is 6.84. The Balaban J connectivity index is 1.40. The molecule has 0 atom stereocenters. The van der Waals surface area contributed by atoms with Crippen LogP contribution in [-0.2, 0) is 0 Å². The van der Waals surface area contributed by atoms with E-state index >= 15 is 0 Å². The molecule has 0 aliphatic rings. The van der Waals surface area contributed by atoms with Gasteiger partial charge < -0.3 is 0 Å². The van der Waals surface area contributed by atoms with Crippen LogP contribution in [0.3, 0.4) is 0 Å². The average Bonchev–Trinajstić information content (AvgIpc) is 3.47. The molecule has 0 unspecified atom stereocenters. The van der Waals surface area contributed by atoms with Crippen LogP contribution in [0.2, 0.25) is 0 Å². The first kappa shape index (κ1) is 22.4. The highest BCUT2D eigenvalue weighted by Crippen LogP contribution is 2.49.